The molecule has 0 bridgehead atoms. The second kappa shape index (κ2) is 12.7. The molecule has 0 radical (unpaired) electrons. The normalized spacial score (nSPS) is 10.8. The molecule has 1 rings (SSSR count). The molecule has 22 heavy (non-hydrogen) atoms. The highest BCUT2D eigenvalue weighted by Gasteiger charge is 2.04. The predicted octanol–water partition coefficient (Wildman–Crippen LogP) is 2.68. The Morgan fingerprint density at radius 2 is 2.09 bits per heavy atom. The van der Waals surface area contributed by atoms with Gasteiger partial charge in [-0.1, -0.05) is 25.8 Å². The molecule has 1 aromatic rings. The van der Waals surface area contributed by atoms with Crippen molar-refractivity contribution < 1.29 is 4.79 Å². The Hall–Kier alpha value is -0.830. The number of thiophene rings is 1. The molecule has 0 aliphatic carbocycles. The fourth-order valence-corrected chi connectivity index (χ4v) is 2.27. The lowest BCUT2D eigenvalue weighted by molar-refractivity contribution is -0.127. The number of likely N-dealkylation sites (N-methyl/N-ethyl adjacent to an activating group) is 1. The van der Waals surface area contributed by atoms with Gasteiger partial charge in [0.2, 0.25) is 5.91 Å². The van der Waals surface area contributed by atoms with Gasteiger partial charge in [0.05, 0.1) is 6.54 Å². The molecular formula is C15H27IN4OS. The summed E-state index contributed by atoms with van der Waals surface area (Å²) in [5.74, 6) is 0.704. The van der Waals surface area contributed by atoms with Crippen LogP contribution in [-0.4, -0.2) is 44.0 Å². The summed E-state index contributed by atoms with van der Waals surface area (Å²) < 4.78 is 0. The van der Waals surface area contributed by atoms with Crippen molar-refractivity contribution in [1.82, 2.24) is 15.5 Å². The summed E-state index contributed by atoms with van der Waals surface area (Å²) in [4.78, 5) is 18.8. The Balaban J connectivity index is 0.00000441. The number of rotatable bonds is 8. The van der Waals surface area contributed by atoms with Crippen LogP contribution in [-0.2, 0) is 11.3 Å². The van der Waals surface area contributed by atoms with Crippen LogP contribution < -0.4 is 10.6 Å². The number of unbranched alkanes of at least 4 members (excludes halogenated alkanes) is 2. The van der Waals surface area contributed by atoms with Crippen molar-refractivity contribution in [3.05, 3.63) is 22.4 Å². The van der Waals surface area contributed by atoms with E-state index >= 15 is 0 Å². The summed E-state index contributed by atoms with van der Waals surface area (Å²) >= 11 is 1.71. The van der Waals surface area contributed by atoms with Gasteiger partial charge >= 0.3 is 0 Å². The van der Waals surface area contributed by atoms with Gasteiger partial charge in [0, 0.05) is 25.5 Å². The molecule has 0 atom stereocenters. The molecule has 126 valence electrons. The second-order valence-electron chi connectivity index (χ2n) is 5.02. The zero-order chi connectivity index (χ0) is 15.5. The van der Waals surface area contributed by atoms with Gasteiger partial charge in [-0.05, 0) is 17.9 Å². The third kappa shape index (κ3) is 9.24. The van der Waals surface area contributed by atoms with E-state index in [9.17, 15) is 4.79 Å². The van der Waals surface area contributed by atoms with E-state index in [1.165, 1.54) is 17.7 Å². The Morgan fingerprint density at radius 1 is 1.32 bits per heavy atom. The Kier molecular flexibility index (Phi) is 12.2. The van der Waals surface area contributed by atoms with Crippen molar-refractivity contribution in [3.8, 4) is 0 Å². The van der Waals surface area contributed by atoms with E-state index in [1.807, 2.05) is 6.07 Å². The zero-order valence-corrected chi connectivity index (χ0v) is 16.7. The average molecular weight is 438 g/mol. The number of nitrogens with one attached hydrogen (secondary N) is 2. The number of aliphatic imine (C=N–C) groups is 1. The number of hydrogen-bond donors (Lipinski definition) is 2. The molecule has 7 heteroatoms. The molecule has 0 spiro atoms. The lowest BCUT2D eigenvalue weighted by atomic mass is 10.2. The summed E-state index contributed by atoms with van der Waals surface area (Å²) in [6.45, 7) is 3.95. The van der Waals surface area contributed by atoms with E-state index in [2.05, 4.69) is 34.0 Å². The maximum absolute atomic E-state index is 11.6. The van der Waals surface area contributed by atoms with Crippen molar-refractivity contribution in [2.24, 2.45) is 4.99 Å². The Bertz CT molecular complexity index is 435. The fraction of sp³-hybridized carbons (Fsp3) is 0.600. The average Bonchev–Trinajstić information content (AvgIpc) is 2.98. The summed E-state index contributed by atoms with van der Waals surface area (Å²) in [6, 6.07) is 4.11. The quantitative estimate of drug-likeness (QED) is 0.284. The molecule has 0 aliphatic heterocycles. The van der Waals surface area contributed by atoms with Gasteiger partial charge in [0.15, 0.2) is 5.96 Å². The number of carbonyl (C=O) groups is 1. The van der Waals surface area contributed by atoms with Crippen LogP contribution in [0.4, 0.5) is 0 Å². The highest BCUT2D eigenvalue weighted by Crippen LogP contribution is 2.07. The number of hydrogen-bond acceptors (Lipinski definition) is 3. The lowest BCUT2D eigenvalue weighted by Gasteiger charge is -2.13. The molecule has 1 heterocycles. The van der Waals surface area contributed by atoms with Crippen molar-refractivity contribution in [2.75, 3.05) is 27.2 Å². The van der Waals surface area contributed by atoms with Crippen LogP contribution in [0.15, 0.2) is 22.5 Å². The van der Waals surface area contributed by atoms with Crippen LogP contribution in [0.3, 0.4) is 0 Å². The van der Waals surface area contributed by atoms with Crippen molar-refractivity contribution in [2.45, 2.75) is 32.7 Å². The van der Waals surface area contributed by atoms with Gasteiger partial charge in [0.25, 0.3) is 0 Å². The van der Waals surface area contributed by atoms with Gasteiger partial charge in [-0.15, -0.1) is 35.3 Å². The Labute approximate surface area is 154 Å². The maximum atomic E-state index is 11.6. The highest BCUT2D eigenvalue weighted by molar-refractivity contribution is 14.0. The van der Waals surface area contributed by atoms with Gasteiger partial charge in [0.1, 0.15) is 6.54 Å². The summed E-state index contributed by atoms with van der Waals surface area (Å²) in [5, 5.41) is 8.61. The smallest absolute Gasteiger partial charge is 0.243 e. The van der Waals surface area contributed by atoms with Gasteiger partial charge in [-0.2, -0.15) is 0 Å². The standard InChI is InChI=1S/C15H26N4OS.HI/c1-4-5-6-9-16-15(18-12-14(20)19(2)3)17-11-13-8-7-10-21-13;/h7-8,10H,4-6,9,11-12H2,1-3H3,(H2,16,17,18);1H. The second-order valence-corrected chi connectivity index (χ2v) is 6.05. The van der Waals surface area contributed by atoms with E-state index in [-0.39, 0.29) is 36.4 Å². The van der Waals surface area contributed by atoms with Crippen molar-refractivity contribution in [1.29, 1.82) is 0 Å². The molecule has 0 aromatic carbocycles. The largest absolute Gasteiger partial charge is 0.356 e. The molecule has 1 amide bonds. The van der Waals surface area contributed by atoms with Crippen LogP contribution in [0.2, 0.25) is 0 Å². The van der Waals surface area contributed by atoms with Gasteiger partial charge < -0.3 is 15.5 Å². The number of carbonyl (C=O) groups excluding carboxylic acids is 1. The van der Waals surface area contributed by atoms with Gasteiger partial charge in [-0.25, -0.2) is 4.99 Å². The molecule has 5 nitrogen and oxygen atoms in total. The number of amides is 1. The number of guanidine groups is 1. The van der Waals surface area contributed by atoms with Crippen molar-refractivity contribution >= 4 is 47.2 Å². The summed E-state index contributed by atoms with van der Waals surface area (Å²) in [6.07, 6.45) is 3.50. The van der Waals surface area contributed by atoms with Crippen LogP contribution in [0.5, 0.6) is 0 Å². The molecule has 0 saturated carbocycles. The van der Waals surface area contributed by atoms with Crippen LogP contribution in [0.1, 0.15) is 31.1 Å². The van der Waals surface area contributed by atoms with E-state index in [4.69, 9.17) is 0 Å². The fourth-order valence-electron chi connectivity index (χ4n) is 1.63. The SMILES string of the molecule is CCCCCNC(=NCC(=O)N(C)C)NCc1cccs1.I. The molecule has 0 fully saturated rings. The minimum atomic E-state index is 0. The number of nitrogens with zero attached hydrogens (tertiary/aromatic N) is 2. The first kappa shape index (κ1) is 21.2. The molecule has 1 aromatic heterocycles. The van der Waals surface area contributed by atoms with E-state index in [1.54, 1.807) is 30.3 Å². The third-order valence-electron chi connectivity index (χ3n) is 2.95. The van der Waals surface area contributed by atoms with Crippen LogP contribution in [0, 0.1) is 0 Å². The first-order valence-electron chi connectivity index (χ1n) is 7.38. The number of halogens is 1. The Morgan fingerprint density at radius 3 is 2.68 bits per heavy atom. The minimum absolute atomic E-state index is 0. The maximum Gasteiger partial charge on any atom is 0.243 e. The van der Waals surface area contributed by atoms with Crippen LogP contribution >= 0.6 is 35.3 Å². The first-order chi connectivity index (χ1) is 10.1. The van der Waals surface area contributed by atoms with E-state index in [0.717, 1.165) is 19.5 Å². The summed E-state index contributed by atoms with van der Waals surface area (Å²) in [5.41, 5.74) is 0. The first-order valence-corrected chi connectivity index (χ1v) is 8.26. The molecule has 0 aliphatic rings. The topological polar surface area (TPSA) is 56.7 Å². The minimum Gasteiger partial charge on any atom is -0.356 e. The predicted molar refractivity (Wildman–Crippen MR) is 105 cm³/mol. The molecular weight excluding hydrogens is 411 g/mol. The van der Waals surface area contributed by atoms with Crippen LogP contribution in [0.25, 0.3) is 0 Å². The lowest BCUT2D eigenvalue weighted by Crippen LogP contribution is -2.38. The monoisotopic (exact) mass is 438 g/mol. The molecule has 2 N–H and O–H groups in total. The van der Waals surface area contributed by atoms with Crippen molar-refractivity contribution in [3.63, 3.8) is 0 Å². The van der Waals surface area contributed by atoms with Gasteiger partial charge in [-0.3, -0.25) is 4.79 Å². The molecule has 0 saturated heterocycles. The van der Waals surface area contributed by atoms with E-state index in [0.29, 0.717) is 5.96 Å². The third-order valence-corrected chi connectivity index (χ3v) is 3.83. The van der Waals surface area contributed by atoms with E-state index < -0.39 is 0 Å². The zero-order valence-electron chi connectivity index (χ0n) is 13.6. The highest BCUT2D eigenvalue weighted by atomic mass is 127. The summed E-state index contributed by atoms with van der Waals surface area (Å²) in [7, 11) is 3.48. The molecule has 0 unspecified atom stereocenters.